The molecule has 2 fully saturated rings. The minimum Gasteiger partial charge on any atom is -0.378 e. The van der Waals surface area contributed by atoms with Gasteiger partial charge in [0.1, 0.15) is 12.2 Å². The van der Waals surface area contributed by atoms with Crippen LogP contribution in [0.1, 0.15) is 13.8 Å². The molecule has 0 spiro atoms. The summed E-state index contributed by atoms with van der Waals surface area (Å²) in [6.07, 6.45) is -2.25. The second kappa shape index (κ2) is 4.39. The van der Waals surface area contributed by atoms with Gasteiger partial charge in [0.2, 0.25) is 6.54 Å². The van der Waals surface area contributed by atoms with Crippen LogP contribution in [0.3, 0.4) is 0 Å². The first-order chi connectivity index (χ1) is 8.27. The number of hydrogen-bond donors (Lipinski definition) is 1. The monoisotopic (exact) mass is 263 g/mol. The van der Waals surface area contributed by atoms with Gasteiger partial charge in [-0.05, 0) is 13.8 Å². The smallest absolute Gasteiger partial charge is 0.237 e. The third-order valence-corrected chi connectivity index (χ3v) is 3.06. The van der Waals surface area contributed by atoms with Crippen molar-refractivity contribution < 1.29 is 29.0 Å². The van der Waals surface area contributed by atoms with Crippen LogP contribution in [0.2, 0.25) is 0 Å². The van der Waals surface area contributed by atoms with Gasteiger partial charge in [0.25, 0.3) is 0 Å². The quantitative estimate of drug-likeness (QED) is 0.542. The van der Waals surface area contributed by atoms with Crippen LogP contribution in [0.5, 0.6) is 0 Å². The maximum absolute atomic E-state index is 10.6. The van der Waals surface area contributed by atoms with E-state index in [1.807, 2.05) is 0 Å². The van der Waals surface area contributed by atoms with Gasteiger partial charge in [0, 0.05) is 12.0 Å². The number of nitrogens with zero attached hydrogens (tertiary/aromatic N) is 1. The fraction of sp³-hybridized carbons (Fsp3) is 1.00. The lowest BCUT2D eigenvalue weighted by atomic mass is 9.90. The van der Waals surface area contributed by atoms with Gasteiger partial charge in [0.15, 0.2) is 17.7 Å². The number of rotatable bonds is 3. The molecule has 0 bridgehead atoms. The maximum atomic E-state index is 10.6. The molecule has 0 radical (unpaired) electrons. The molecule has 4 atom stereocenters. The lowest BCUT2D eigenvalue weighted by Crippen LogP contribution is -2.63. The van der Waals surface area contributed by atoms with Crippen LogP contribution in [-0.2, 0) is 18.9 Å². The van der Waals surface area contributed by atoms with Crippen molar-refractivity contribution >= 4 is 0 Å². The van der Waals surface area contributed by atoms with E-state index in [0.717, 1.165) is 0 Å². The van der Waals surface area contributed by atoms with Crippen LogP contribution < -0.4 is 0 Å². The number of aliphatic hydroxyl groups is 1. The van der Waals surface area contributed by atoms with Crippen molar-refractivity contribution in [2.24, 2.45) is 0 Å². The molecule has 104 valence electrons. The van der Waals surface area contributed by atoms with E-state index < -0.39 is 41.4 Å². The first-order valence-electron chi connectivity index (χ1n) is 5.62. The van der Waals surface area contributed by atoms with E-state index >= 15 is 0 Å². The number of fused-ring (bicyclic) bond motifs is 1. The van der Waals surface area contributed by atoms with Gasteiger partial charge in [-0.3, -0.25) is 10.1 Å². The Labute approximate surface area is 104 Å². The number of hydrogen-bond acceptors (Lipinski definition) is 7. The Morgan fingerprint density at radius 1 is 1.50 bits per heavy atom. The number of nitro groups is 1. The topological polar surface area (TPSA) is 100 Å². The minimum atomic E-state index is -1.71. The zero-order chi connectivity index (χ0) is 13.6. The summed E-state index contributed by atoms with van der Waals surface area (Å²) >= 11 is 0. The van der Waals surface area contributed by atoms with E-state index in [2.05, 4.69) is 0 Å². The first-order valence-corrected chi connectivity index (χ1v) is 5.62. The standard InChI is InChI=1S/C10H17NO7/c1-9(2)17-6-7(18-9)10(12,4-11(13)14)5-16-8(6)15-3/h6-8,12H,4-5H2,1-3H3/t6-,7+,8-,10-/m1/s1. The Kier molecular flexibility index (Phi) is 3.32. The lowest BCUT2D eigenvalue weighted by Gasteiger charge is -2.39. The van der Waals surface area contributed by atoms with E-state index in [-0.39, 0.29) is 6.61 Å². The van der Waals surface area contributed by atoms with Crippen molar-refractivity contribution in [1.82, 2.24) is 0 Å². The van der Waals surface area contributed by atoms with Crippen LogP contribution >= 0.6 is 0 Å². The summed E-state index contributed by atoms with van der Waals surface area (Å²) in [7, 11) is 1.44. The number of methoxy groups -OCH3 is 1. The Hall–Kier alpha value is -0.800. The molecule has 0 saturated carbocycles. The summed E-state index contributed by atoms with van der Waals surface area (Å²) in [6.45, 7) is 2.45. The summed E-state index contributed by atoms with van der Waals surface area (Å²) in [5, 5.41) is 21.0. The van der Waals surface area contributed by atoms with E-state index in [9.17, 15) is 15.2 Å². The maximum Gasteiger partial charge on any atom is 0.237 e. The van der Waals surface area contributed by atoms with E-state index in [0.29, 0.717) is 0 Å². The summed E-state index contributed by atoms with van der Waals surface area (Å²) in [5.41, 5.74) is -1.71. The predicted molar refractivity (Wildman–Crippen MR) is 57.4 cm³/mol. The molecular formula is C10H17NO7. The minimum absolute atomic E-state index is 0.229. The average Bonchev–Trinajstić information content (AvgIpc) is 2.55. The first kappa shape index (κ1) is 13.6. The molecule has 0 amide bonds. The molecule has 0 aromatic heterocycles. The zero-order valence-corrected chi connectivity index (χ0v) is 10.5. The Morgan fingerprint density at radius 3 is 2.72 bits per heavy atom. The van der Waals surface area contributed by atoms with E-state index in [1.54, 1.807) is 13.8 Å². The fourth-order valence-electron chi connectivity index (χ4n) is 2.37. The van der Waals surface area contributed by atoms with Crippen LogP contribution in [0.25, 0.3) is 0 Å². The summed E-state index contributed by atoms with van der Waals surface area (Å²) in [6, 6.07) is 0. The Bertz CT molecular complexity index is 347. The van der Waals surface area contributed by atoms with Gasteiger partial charge >= 0.3 is 0 Å². The van der Waals surface area contributed by atoms with Crippen LogP contribution in [-0.4, -0.2) is 60.2 Å². The fourth-order valence-corrected chi connectivity index (χ4v) is 2.37. The molecule has 2 aliphatic rings. The normalized spacial score (nSPS) is 42.6. The SMILES string of the molecule is CO[C@@H]1OC[C@](O)(C[N+](=O)[O-])[C@H]2OC(C)(C)O[C@@H]12. The largest absolute Gasteiger partial charge is 0.378 e. The van der Waals surface area contributed by atoms with Crippen molar-refractivity contribution in [3.05, 3.63) is 10.1 Å². The number of ether oxygens (including phenoxy) is 4. The summed E-state index contributed by atoms with van der Waals surface area (Å²) < 4.78 is 21.5. The van der Waals surface area contributed by atoms with Crippen molar-refractivity contribution in [3.63, 3.8) is 0 Å². The molecule has 2 heterocycles. The van der Waals surface area contributed by atoms with Crippen molar-refractivity contribution in [2.75, 3.05) is 20.3 Å². The average molecular weight is 263 g/mol. The van der Waals surface area contributed by atoms with Gasteiger partial charge in [-0.2, -0.15) is 0 Å². The molecule has 8 nitrogen and oxygen atoms in total. The van der Waals surface area contributed by atoms with Crippen LogP contribution in [0.4, 0.5) is 0 Å². The zero-order valence-electron chi connectivity index (χ0n) is 10.5. The van der Waals surface area contributed by atoms with Gasteiger partial charge in [-0.15, -0.1) is 0 Å². The molecule has 8 heteroatoms. The van der Waals surface area contributed by atoms with Crippen molar-refractivity contribution in [3.8, 4) is 0 Å². The Balaban J connectivity index is 2.24. The third kappa shape index (κ3) is 2.34. The van der Waals surface area contributed by atoms with Crippen LogP contribution in [0, 0.1) is 10.1 Å². The van der Waals surface area contributed by atoms with Crippen molar-refractivity contribution in [2.45, 2.75) is 43.7 Å². The van der Waals surface area contributed by atoms with Gasteiger partial charge in [-0.1, -0.05) is 0 Å². The molecule has 0 unspecified atom stereocenters. The second-order valence-electron chi connectivity index (χ2n) is 5.03. The van der Waals surface area contributed by atoms with E-state index in [1.165, 1.54) is 7.11 Å². The van der Waals surface area contributed by atoms with Crippen LogP contribution in [0.15, 0.2) is 0 Å². The van der Waals surface area contributed by atoms with Gasteiger partial charge in [0.05, 0.1) is 6.61 Å². The molecular weight excluding hydrogens is 246 g/mol. The van der Waals surface area contributed by atoms with E-state index in [4.69, 9.17) is 18.9 Å². The highest BCUT2D eigenvalue weighted by atomic mass is 16.8. The molecule has 2 rings (SSSR count). The van der Waals surface area contributed by atoms with Gasteiger partial charge < -0.3 is 24.1 Å². The molecule has 0 aromatic carbocycles. The Morgan fingerprint density at radius 2 is 2.17 bits per heavy atom. The second-order valence-corrected chi connectivity index (χ2v) is 5.03. The van der Waals surface area contributed by atoms with Gasteiger partial charge in [-0.25, -0.2) is 0 Å². The molecule has 2 aliphatic heterocycles. The predicted octanol–water partition coefficient (Wildman–Crippen LogP) is -0.483. The third-order valence-electron chi connectivity index (χ3n) is 3.06. The molecule has 2 saturated heterocycles. The summed E-state index contributed by atoms with van der Waals surface area (Å²) in [5.74, 6) is -0.940. The lowest BCUT2D eigenvalue weighted by molar-refractivity contribution is -0.510. The molecule has 18 heavy (non-hydrogen) atoms. The van der Waals surface area contributed by atoms with Crippen molar-refractivity contribution in [1.29, 1.82) is 0 Å². The molecule has 0 aliphatic carbocycles. The highest BCUT2D eigenvalue weighted by Crippen LogP contribution is 2.39. The molecule has 0 aromatic rings. The highest BCUT2D eigenvalue weighted by molar-refractivity contribution is 5.01. The molecule has 1 N–H and O–H groups in total. The summed E-state index contributed by atoms with van der Waals surface area (Å²) in [4.78, 5) is 10.0. The highest BCUT2D eigenvalue weighted by Gasteiger charge is 2.60.